The number of carboxylic acid groups (broad SMARTS) is 1. The van der Waals surface area contributed by atoms with Crippen molar-refractivity contribution in [1.82, 2.24) is 4.90 Å². The second-order valence-corrected chi connectivity index (χ2v) is 7.63. The van der Waals surface area contributed by atoms with Gasteiger partial charge in [-0.1, -0.05) is 42.5 Å². The minimum atomic E-state index is -0.940. The number of carboxylic acids is 1. The molecule has 1 aliphatic carbocycles. The summed E-state index contributed by atoms with van der Waals surface area (Å²) < 4.78 is 13.2. The smallest absolute Gasteiger partial charge is 0.314 e. The Balaban J connectivity index is 1.53. The zero-order valence-corrected chi connectivity index (χ0v) is 15.0. The third kappa shape index (κ3) is 2.91. The molecule has 0 bridgehead atoms. The highest BCUT2D eigenvalue weighted by Gasteiger charge is 2.54. The average molecular weight is 367 g/mol. The molecule has 2 aromatic rings. The highest BCUT2D eigenvalue weighted by Crippen LogP contribution is 2.50. The maximum Gasteiger partial charge on any atom is 0.314 e. The van der Waals surface area contributed by atoms with Crippen LogP contribution in [0.2, 0.25) is 0 Å². The van der Waals surface area contributed by atoms with E-state index in [0.717, 1.165) is 24.0 Å². The lowest BCUT2D eigenvalue weighted by atomic mass is 9.72. The highest BCUT2D eigenvalue weighted by atomic mass is 19.1. The number of hydrogen-bond donors (Lipinski definition) is 1. The van der Waals surface area contributed by atoms with E-state index in [1.165, 1.54) is 12.1 Å². The molecule has 2 aliphatic rings. The number of hydrogen-bond acceptors (Lipinski definition) is 2. The van der Waals surface area contributed by atoms with Crippen molar-refractivity contribution in [3.63, 3.8) is 0 Å². The molecule has 0 radical (unpaired) electrons. The number of benzene rings is 2. The summed E-state index contributed by atoms with van der Waals surface area (Å²) in [6.07, 6.45) is 2.32. The predicted molar refractivity (Wildman–Crippen MR) is 98.9 cm³/mol. The highest BCUT2D eigenvalue weighted by molar-refractivity contribution is 5.92. The molecule has 1 aliphatic heterocycles. The molecule has 4 rings (SSSR count). The van der Waals surface area contributed by atoms with E-state index in [1.54, 1.807) is 17.0 Å². The van der Waals surface area contributed by atoms with Gasteiger partial charge in [-0.15, -0.1) is 0 Å². The molecule has 1 saturated carbocycles. The van der Waals surface area contributed by atoms with Crippen molar-refractivity contribution in [2.75, 3.05) is 13.1 Å². The summed E-state index contributed by atoms with van der Waals surface area (Å²) in [5.74, 6) is -1.10. The van der Waals surface area contributed by atoms with Crippen LogP contribution in [0.25, 0.3) is 0 Å². The summed E-state index contributed by atoms with van der Waals surface area (Å²) >= 11 is 0. The van der Waals surface area contributed by atoms with Crippen molar-refractivity contribution in [1.29, 1.82) is 0 Å². The molecule has 0 unspecified atom stereocenters. The largest absolute Gasteiger partial charge is 0.481 e. The van der Waals surface area contributed by atoms with E-state index in [1.807, 2.05) is 30.3 Å². The number of amides is 1. The number of nitrogens with zero attached hydrogens (tertiary/aromatic N) is 1. The Morgan fingerprint density at radius 2 is 1.37 bits per heavy atom. The Bertz CT molecular complexity index is 851. The van der Waals surface area contributed by atoms with Crippen LogP contribution in [0.1, 0.15) is 36.8 Å². The second-order valence-electron chi connectivity index (χ2n) is 7.63. The van der Waals surface area contributed by atoms with Crippen LogP contribution in [-0.2, 0) is 20.4 Å². The van der Waals surface area contributed by atoms with E-state index in [-0.39, 0.29) is 11.7 Å². The predicted octanol–water partition coefficient (Wildman–Crippen LogP) is 3.50. The molecular weight excluding hydrogens is 345 g/mol. The number of halogens is 1. The molecule has 4 nitrogen and oxygen atoms in total. The molecule has 5 heteroatoms. The van der Waals surface area contributed by atoms with Crippen molar-refractivity contribution in [3.05, 3.63) is 71.5 Å². The Morgan fingerprint density at radius 1 is 0.815 bits per heavy atom. The Morgan fingerprint density at radius 3 is 1.89 bits per heavy atom. The fourth-order valence-corrected chi connectivity index (χ4v) is 4.30. The van der Waals surface area contributed by atoms with Crippen molar-refractivity contribution >= 4 is 11.9 Å². The molecule has 1 N–H and O–H groups in total. The first-order valence-electron chi connectivity index (χ1n) is 9.32. The first kappa shape index (κ1) is 17.7. The van der Waals surface area contributed by atoms with Gasteiger partial charge in [-0.2, -0.15) is 0 Å². The summed E-state index contributed by atoms with van der Waals surface area (Å²) in [6, 6.07) is 15.5. The molecule has 0 atom stereocenters. The van der Waals surface area contributed by atoms with E-state index >= 15 is 0 Å². The normalized spacial score (nSPS) is 20.1. The molecule has 140 valence electrons. The number of carbonyl (C=O) groups excluding carboxylic acids is 1. The van der Waals surface area contributed by atoms with Crippen LogP contribution in [0.5, 0.6) is 0 Å². The van der Waals surface area contributed by atoms with Crippen LogP contribution in [0.4, 0.5) is 4.39 Å². The summed E-state index contributed by atoms with van der Waals surface area (Å²) in [4.78, 5) is 27.0. The van der Waals surface area contributed by atoms with Crippen LogP contribution < -0.4 is 0 Å². The lowest BCUT2D eigenvalue weighted by Gasteiger charge is -2.40. The van der Waals surface area contributed by atoms with Gasteiger partial charge < -0.3 is 10.0 Å². The van der Waals surface area contributed by atoms with Crippen molar-refractivity contribution in [2.45, 2.75) is 36.5 Å². The molecule has 2 fully saturated rings. The van der Waals surface area contributed by atoms with Gasteiger partial charge in [-0.25, -0.2) is 4.39 Å². The third-order valence-electron chi connectivity index (χ3n) is 6.20. The number of rotatable bonds is 4. The minimum Gasteiger partial charge on any atom is -0.481 e. The van der Waals surface area contributed by atoms with Gasteiger partial charge in [0, 0.05) is 13.1 Å². The number of piperidine rings is 1. The Hall–Kier alpha value is -2.69. The van der Waals surface area contributed by atoms with Gasteiger partial charge in [0.1, 0.15) is 5.82 Å². The summed E-state index contributed by atoms with van der Waals surface area (Å²) in [5, 5.41) is 9.90. The van der Waals surface area contributed by atoms with Crippen molar-refractivity contribution in [2.24, 2.45) is 0 Å². The zero-order valence-electron chi connectivity index (χ0n) is 15.0. The molecule has 0 aromatic heterocycles. The van der Waals surface area contributed by atoms with E-state index in [4.69, 9.17) is 0 Å². The van der Waals surface area contributed by atoms with Gasteiger partial charge in [0.25, 0.3) is 0 Å². The van der Waals surface area contributed by atoms with Crippen LogP contribution in [0.15, 0.2) is 54.6 Å². The monoisotopic (exact) mass is 367 g/mol. The quantitative estimate of drug-likeness (QED) is 0.900. The van der Waals surface area contributed by atoms with E-state index in [9.17, 15) is 19.1 Å². The first-order chi connectivity index (χ1) is 13.0. The topological polar surface area (TPSA) is 57.6 Å². The number of carbonyl (C=O) groups is 2. The summed E-state index contributed by atoms with van der Waals surface area (Å²) in [6.45, 7) is 0.839. The molecule has 27 heavy (non-hydrogen) atoms. The van der Waals surface area contributed by atoms with Gasteiger partial charge in [-0.3, -0.25) is 9.59 Å². The summed E-state index contributed by atoms with van der Waals surface area (Å²) in [7, 11) is 0. The van der Waals surface area contributed by atoms with Gasteiger partial charge in [-0.05, 0) is 48.9 Å². The van der Waals surface area contributed by atoms with Gasteiger partial charge in [0.2, 0.25) is 5.91 Å². The Kier molecular flexibility index (Phi) is 4.25. The van der Waals surface area contributed by atoms with E-state index < -0.39 is 16.8 Å². The third-order valence-corrected chi connectivity index (χ3v) is 6.20. The van der Waals surface area contributed by atoms with Gasteiger partial charge in [0.05, 0.1) is 10.8 Å². The van der Waals surface area contributed by atoms with Crippen molar-refractivity contribution < 1.29 is 19.1 Å². The second kappa shape index (κ2) is 6.48. The average Bonchev–Trinajstić information content (AvgIpc) is 3.50. The molecule has 1 heterocycles. The molecule has 1 amide bonds. The van der Waals surface area contributed by atoms with Crippen LogP contribution in [-0.4, -0.2) is 35.0 Å². The van der Waals surface area contributed by atoms with Crippen LogP contribution in [0.3, 0.4) is 0 Å². The first-order valence-corrected chi connectivity index (χ1v) is 9.32. The summed E-state index contributed by atoms with van der Waals surface area (Å²) in [5.41, 5.74) is 0.158. The van der Waals surface area contributed by atoms with Crippen molar-refractivity contribution in [3.8, 4) is 0 Å². The fourth-order valence-electron chi connectivity index (χ4n) is 4.30. The molecular formula is C22H22FNO3. The standard InChI is InChI=1S/C22H22FNO3/c23-18-8-6-17(7-9-18)21(10-11-21)19(25)24-14-12-22(13-15-24,20(26)27)16-4-2-1-3-5-16/h1-9H,10-15H2,(H,26,27). The lowest BCUT2D eigenvalue weighted by Crippen LogP contribution is -2.51. The minimum absolute atomic E-state index is 0.0427. The van der Waals surface area contributed by atoms with E-state index in [0.29, 0.717) is 25.9 Å². The molecule has 0 spiro atoms. The molecule has 2 aromatic carbocycles. The maximum atomic E-state index is 13.2. The maximum absolute atomic E-state index is 13.2. The van der Waals surface area contributed by atoms with Gasteiger partial charge >= 0.3 is 5.97 Å². The fraction of sp³-hybridized carbons (Fsp3) is 0.364. The SMILES string of the molecule is O=C(O)C1(c2ccccc2)CCN(C(=O)C2(c3ccc(F)cc3)CC2)CC1. The van der Waals surface area contributed by atoms with Crippen LogP contribution in [0, 0.1) is 5.82 Å². The van der Waals surface area contributed by atoms with E-state index in [2.05, 4.69) is 0 Å². The Labute approximate surface area is 157 Å². The lowest BCUT2D eigenvalue weighted by molar-refractivity contribution is -0.148. The van der Waals surface area contributed by atoms with Crippen LogP contribution >= 0.6 is 0 Å². The molecule has 1 saturated heterocycles. The number of likely N-dealkylation sites (tertiary alicyclic amines) is 1. The van der Waals surface area contributed by atoms with Gasteiger partial charge in [0.15, 0.2) is 0 Å². The zero-order chi connectivity index (χ0) is 19.1. The number of aliphatic carboxylic acids is 1.